The number of anilines is 1. The molecule has 0 fully saturated rings. The normalized spacial score (nSPS) is 11.9. The minimum atomic E-state index is -4.49. The molecule has 174 valence electrons. The van der Waals surface area contributed by atoms with E-state index in [-0.39, 0.29) is 12.1 Å². The smallest absolute Gasteiger partial charge is 0.417 e. The third kappa shape index (κ3) is 4.52. The number of halogens is 3. The largest absolute Gasteiger partial charge is 0.469 e. The zero-order chi connectivity index (χ0) is 23.7. The summed E-state index contributed by atoms with van der Waals surface area (Å²) in [4.78, 5) is 12.1. The Balaban J connectivity index is 1.36. The molecular formula is C24H21F3N6O. The molecule has 34 heavy (non-hydrogen) atoms. The molecule has 0 aliphatic carbocycles. The van der Waals surface area contributed by atoms with Crippen LogP contribution in [0.1, 0.15) is 22.7 Å². The van der Waals surface area contributed by atoms with Crippen LogP contribution in [-0.4, -0.2) is 24.7 Å². The Hall–Kier alpha value is -4.08. The average molecular weight is 466 g/mol. The molecule has 5 rings (SSSR count). The highest BCUT2D eigenvalue weighted by Gasteiger charge is 2.34. The molecule has 0 saturated carbocycles. The van der Waals surface area contributed by atoms with Gasteiger partial charge in [-0.25, -0.2) is 9.97 Å². The van der Waals surface area contributed by atoms with Crippen LogP contribution in [0.2, 0.25) is 0 Å². The van der Waals surface area contributed by atoms with Crippen molar-refractivity contribution in [1.29, 1.82) is 0 Å². The number of benzene rings is 1. The maximum absolute atomic E-state index is 13.8. The molecule has 10 heteroatoms. The summed E-state index contributed by atoms with van der Waals surface area (Å²) in [5.74, 6) is 1.62. The zero-order valence-corrected chi connectivity index (χ0v) is 18.2. The van der Waals surface area contributed by atoms with Gasteiger partial charge in [0.1, 0.15) is 17.1 Å². The average Bonchev–Trinajstić information content (AvgIpc) is 3.56. The summed E-state index contributed by atoms with van der Waals surface area (Å²) in [5, 5.41) is 7.19. The third-order valence-electron chi connectivity index (χ3n) is 5.51. The van der Waals surface area contributed by atoms with Gasteiger partial charge < -0.3 is 14.7 Å². The number of hydrogen-bond donors (Lipinski definition) is 2. The monoisotopic (exact) mass is 466 g/mol. The van der Waals surface area contributed by atoms with Crippen LogP contribution in [0, 0.1) is 0 Å². The van der Waals surface area contributed by atoms with Gasteiger partial charge >= 0.3 is 6.18 Å². The first-order valence-corrected chi connectivity index (χ1v) is 10.7. The molecule has 0 radical (unpaired) electrons. The van der Waals surface area contributed by atoms with E-state index < -0.39 is 11.7 Å². The van der Waals surface area contributed by atoms with Crippen LogP contribution in [0.15, 0.2) is 65.7 Å². The van der Waals surface area contributed by atoms with Gasteiger partial charge in [-0.2, -0.15) is 18.3 Å². The topological polar surface area (TPSA) is 84.6 Å². The molecule has 0 amide bonds. The number of aromatic nitrogens is 5. The van der Waals surface area contributed by atoms with Gasteiger partial charge in [-0.05, 0) is 35.4 Å². The first-order chi connectivity index (χ1) is 16.4. The zero-order valence-electron chi connectivity index (χ0n) is 18.2. The van der Waals surface area contributed by atoms with Crippen molar-refractivity contribution in [2.45, 2.75) is 25.6 Å². The van der Waals surface area contributed by atoms with Crippen LogP contribution in [0.25, 0.3) is 22.3 Å². The molecule has 0 aliphatic heterocycles. The molecule has 2 N–H and O–H groups in total. The van der Waals surface area contributed by atoms with E-state index >= 15 is 0 Å². The summed E-state index contributed by atoms with van der Waals surface area (Å²) in [6, 6.07) is 9.84. The van der Waals surface area contributed by atoms with Crippen molar-refractivity contribution in [3.05, 3.63) is 84.0 Å². The van der Waals surface area contributed by atoms with E-state index in [0.29, 0.717) is 40.8 Å². The van der Waals surface area contributed by atoms with Crippen LogP contribution in [0.5, 0.6) is 0 Å². The molecule has 4 aromatic heterocycles. The van der Waals surface area contributed by atoms with Crippen LogP contribution in [-0.2, 0) is 32.6 Å². The second-order valence-corrected chi connectivity index (χ2v) is 7.95. The molecule has 5 aromatic rings. The van der Waals surface area contributed by atoms with Gasteiger partial charge in [0, 0.05) is 44.4 Å². The molecule has 0 bridgehead atoms. The van der Waals surface area contributed by atoms with Crippen molar-refractivity contribution in [2.24, 2.45) is 7.05 Å². The molecule has 0 atom stereocenters. The Morgan fingerprint density at radius 2 is 2.03 bits per heavy atom. The predicted octanol–water partition coefficient (Wildman–Crippen LogP) is 5.37. The Kier molecular flexibility index (Phi) is 5.56. The SMILES string of the molecule is Cn1cc(-c2ccc(CNc3ccnc4[nH]c(CCc5ccco5)nc34)cc2C(F)(F)F)cn1. The summed E-state index contributed by atoms with van der Waals surface area (Å²) in [5.41, 5.74) is 2.27. The molecule has 1 aromatic carbocycles. The lowest BCUT2D eigenvalue weighted by atomic mass is 9.99. The van der Waals surface area contributed by atoms with Crippen molar-refractivity contribution in [3.63, 3.8) is 0 Å². The Bertz CT molecular complexity index is 1420. The number of imidazole rings is 1. The van der Waals surface area contributed by atoms with Gasteiger partial charge in [0.2, 0.25) is 0 Å². The van der Waals surface area contributed by atoms with Gasteiger partial charge in [-0.1, -0.05) is 12.1 Å². The number of H-pyrrole nitrogens is 1. The number of rotatable bonds is 7. The lowest BCUT2D eigenvalue weighted by molar-refractivity contribution is -0.137. The summed E-state index contributed by atoms with van der Waals surface area (Å²) in [6.07, 6.45) is 3.11. The van der Waals surface area contributed by atoms with E-state index in [0.717, 1.165) is 11.6 Å². The number of alkyl halides is 3. The van der Waals surface area contributed by atoms with Gasteiger partial charge in [0.15, 0.2) is 5.65 Å². The number of aromatic amines is 1. The minimum Gasteiger partial charge on any atom is -0.469 e. The maximum Gasteiger partial charge on any atom is 0.417 e. The minimum absolute atomic E-state index is 0.101. The first kappa shape index (κ1) is 21.7. The number of fused-ring (bicyclic) bond motifs is 1. The Morgan fingerprint density at radius 1 is 1.15 bits per heavy atom. The van der Waals surface area contributed by atoms with E-state index in [2.05, 4.69) is 25.4 Å². The third-order valence-corrected chi connectivity index (χ3v) is 5.51. The lowest BCUT2D eigenvalue weighted by Crippen LogP contribution is -2.09. The standard InChI is InChI=1S/C24H21F3N6O/c1-33-14-16(13-30-33)18-6-4-15(11-19(18)24(25,26)27)12-29-20-8-9-28-23-22(20)31-21(32-23)7-5-17-3-2-10-34-17/h2-4,6,8-11,13-14H,5,7,12H2,1H3,(H2,28,29,31,32). The number of pyridine rings is 1. The maximum atomic E-state index is 13.8. The first-order valence-electron chi connectivity index (χ1n) is 10.7. The lowest BCUT2D eigenvalue weighted by Gasteiger charge is -2.14. The molecule has 4 heterocycles. The second-order valence-electron chi connectivity index (χ2n) is 7.95. The summed E-state index contributed by atoms with van der Waals surface area (Å²) in [7, 11) is 1.67. The van der Waals surface area contributed by atoms with Crippen molar-refractivity contribution in [1.82, 2.24) is 24.7 Å². The number of hydrogen-bond acceptors (Lipinski definition) is 5. The predicted molar refractivity (Wildman–Crippen MR) is 121 cm³/mol. The van der Waals surface area contributed by atoms with E-state index in [1.807, 2.05) is 12.1 Å². The fourth-order valence-corrected chi connectivity index (χ4v) is 3.86. The van der Waals surface area contributed by atoms with E-state index in [9.17, 15) is 13.2 Å². The van der Waals surface area contributed by atoms with Gasteiger partial charge in [0.25, 0.3) is 0 Å². The number of aryl methyl sites for hydroxylation is 3. The number of nitrogens with zero attached hydrogens (tertiary/aromatic N) is 4. The molecule has 0 unspecified atom stereocenters. The highest BCUT2D eigenvalue weighted by molar-refractivity contribution is 5.85. The van der Waals surface area contributed by atoms with Crippen molar-refractivity contribution in [3.8, 4) is 11.1 Å². The number of furan rings is 1. The summed E-state index contributed by atoms with van der Waals surface area (Å²) >= 11 is 0. The number of nitrogens with one attached hydrogen (secondary N) is 2. The second kappa shape index (κ2) is 8.69. The Morgan fingerprint density at radius 3 is 2.76 bits per heavy atom. The molecule has 0 saturated heterocycles. The van der Waals surface area contributed by atoms with Crippen LogP contribution in [0.4, 0.5) is 18.9 Å². The van der Waals surface area contributed by atoms with Crippen LogP contribution in [0.3, 0.4) is 0 Å². The molecular weight excluding hydrogens is 445 g/mol. The fourth-order valence-electron chi connectivity index (χ4n) is 3.86. The molecule has 7 nitrogen and oxygen atoms in total. The van der Waals surface area contributed by atoms with Gasteiger partial charge in [-0.3, -0.25) is 4.68 Å². The van der Waals surface area contributed by atoms with E-state index in [1.54, 1.807) is 37.8 Å². The van der Waals surface area contributed by atoms with Crippen LogP contribution >= 0.6 is 0 Å². The van der Waals surface area contributed by atoms with Crippen molar-refractivity contribution < 1.29 is 17.6 Å². The summed E-state index contributed by atoms with van der Waals surface area (Å²) in [6.45, 7) is 0.199. The van der Waals surface area contributed by atoms with Crippen LogP contribution < -0.4 is 5.32 Å². The molecule has 0 spiro atoms. The highest BCUT2D eigenvalue weighted by atomic mass is 19.4. The quantitative estimate of drug-likeness (QED) is 0.337. The van der Waals surface area contributed by atoms with Crippen molar-refractivity contribution in [2.75, 3.05) is 5.32 Å². The van der Waals surface area contributed by atoms with E-state index in [4.69, 9.17) is 4.42 Å². The summed E-state index contributed by atoms with van der Waals surface area (Å²) < 4.78 is 48.2. The van der Waals surface area contributed by atoms with Gasteiger partial charge in [-0.15, -0.1) is 0 Å². The fraction of sp³-hybridized carbons (Fsp3) is 0.208. The van der Waals surface area contributed by atoms with E-state index in [1.165, 1.54) is 23.0 Å². The molecule has 0 aliphatic rings. The van der Waals surface area contributed by atoms with Gasteiger partial charge in [0.05, 0.1) is 23.7 Å². The highest BCUT2D eigenvalue weighted by Crippen LogP contribution is 2.37. The van der Waals surface area contributed by atoms with Crippen molar-refractivity contribution >= 4 is 16.9 Å². The Labute approximate surface area is 192 Å².